The average Bonchev–Trinajstić information content (AvgIpc) is 2.67. The van der Waals surface area contributed by atoms with E-state index in [0.717, 1.165) is 6.42 Å². The molecule has 112 valence electrons. The van der Waals surface area contributed by atoms with Gasteiger partial charge >= 0.3 is 0 Å². The van der Waals surface area contributed by atoms with Crippen molar-refractivity contribution in [1.82, 2.24) is 5.32 Å². The maximum absolute atomic E-state index is 12.9. The van der Waals surface area contributed by atoms with Gasteiger partial charge in [-0.3, -0.25) is 0 Å². The maximum Gasteiger partial charge on any atom is 0.184 e. The first-order chi connectivity index (χ1) is 9.20. The van der Waals surface area contributed by atoms with Crippen molar-refractivity contribution in [1.29, 1.82) is 0 Å². The second-order valence-electron chi connectivity index (χ2n) is 5.95. The molecule has 6 heteroatoms. The van der Waals surface area contributed by atoms with E-state index in [1.165, 1.54) is 12.1 Å². The fraction of sp³-hybridized carbons (Fsp3) is 0.571. The lowest BCUT2D eigenvalue weighted by atomic mass is 9.87. The van der Waals surface area contributed by atoms with Crippen molar-refractivity contribution in [2.75, 3.05) is 7.05 Å². The van der Waals surface area contributed by atoms with Crippen molar-refractivity contribution in [3.05, 3.63) is 28.2 Å². The van der Waals surface area contributed by atoms with Crippen LogP contribution in [-0.2, 0) is 9.84 Å². The van der Waals surface area contributed by atoms with Gasteiger partial charge in [-0.2, -0.15) is 0 Å². The number of benzene rings is 1. The highest BCUT2D eigenvalue weighted by Gasteiger charge is 2.48. The van der Waals surface area contributed by atoms with Gasteiger partial charge in [0.1, 0.15) is 0 Å². The first-order valence-corrected chi connectivity index (χ1v) is 8.86. The summed E-state index contributed by atoms with van der Waals surface area (Å²) in [6, 6.07) is 4.47. The van der Waals surface area contributed by atoms with E-state index in [1.54, 1.807) is 13.1 Å². The minimum absolute atomic E-state index is 0.0580. The van der Waals surface area contributed by atoms with Crippen LogP contribution >= 0.6 is 23.2 Å². The van der Waals surface area contributed by atoms with Gasteiger partial charge in [0.2, 0.25) is 0 Å². The van der Waals surface area contributed by atoms with E-state index < -0.39 is 15.1 Å². The van der Waals surface area contributed by atoms with Crippen molar-refractivity contribution in [2.24, 2.45) is 5.41 Å². The second-order valence-corrected chi connectivity index (χ2v) is 8.93. The summed E-state index contributed by atoms with van der Waals surface area (Å²) < 4.78 is 25.8. The van der Waals surface area contributed by atoms with Crippen LogP contribution in [0.15, 0.2) is 23.1 Å². The molecular weight excluding hydrogens is 317 g/mol. The van der Waals surface area contributed by atoms with Crippen LogP contribution in [0.25, 0.3) is 0 Å². The fourth-order valence-corrected chi connectivity index (χ4v) is 6.03. The molecule has 0 aliphatic heterocycles. The summed E-state index contributed by atoms with van der Waals surface area (Å²) in [6.45, 7) is 4.17. The lowest BCUT2D eigenvalue weighted by Gasteiger charge is -2.30. The van der Waals surface area contributed by atoms with Crippen LogP contribution in [0, 0.1) is 5.41 Å². The van der Waals surface area contributed by atoms with E-state index in [-0.39, 0.29) is 21.4 Å². The van der Waals surface area contributed by atoms with Crippen LogP contribution in [0.5, 0.6) is 0 Å². The first kappa shape index (κ1) is 16.1. The Labute approximate surface area is 130 Å². The molecule has 0 heterocycles. The zero-order valence-corrected chi connectivity index (χ0v) is 14.1. The molecule has 2 rings (SSSR count). The molecule has 1 aromatic rings. The van der Waals surface area contributed by atoms with Gasteiger partial charge < -0.3 is 5.32 Å². The molecule has 0 saturated heterocycles. The molecule has 0 spiro atoms. The number of sulfone groups is 1. The number of hydrogen-bond acceptors (Lipinski definition) is 3. The van der Waals surface area contributed by atoms with Crippen LogP contribution in [0.3, 0.4) is 0 Å². The van der Waals surface area contributed by atoms with Gasteiger partial charge in [-0.1, -0.05) is 37.0 Å². The topological polar surface area (TPSA) is 46.2 Å². The third-order valence-corrected chi connectivity index (χ3v) is 7.13. The molecule has 1 saturated carbocycles. The molecule has 1 aromatic carbocycles. The summed E-state index contributed by atoms with van der Waals surface area (Å²) in [5.41, 5.74) is -0.0580. The van der Waals surface area contributed by atoms with Gasteiger partial charge in [0.25, 0.3) is 0 Å². The summed E-state index contributed by atoms with van der Waals surface area (Å²) in [7, 11) is -1.70. The Balaban J connectivity index is 2.48. The van der Waals surface area contributed by atoms with E-state index in [9.17, 15) is 8.42 Å². The maximum atomic E-state index is 12.9. The zero-order valence-electron chi connectivity index (χ0n) is 11.8. The van der Waals surface area contributed by atoms with Crippen LogP contribution in [0.4, 0.5) is 0 Å². The van der Waals surface area contributed by atoms with E-state index in [0.29, 0.717) is 11.4 Å². The molecule has 0 radical (unpaired) electrons. The average molecular weight is 336 g/mol. The van der Waals surface area contributed by atoms with E-state index >= 15 is 0 Å². The minimum Gasteiger partial charge on any atom is -0.315 e. The predicted molar refractivity (Wildman–Crippen MR) is 83.3 cm³/mol. The fourth-order valence-electron chi connectivity index (χ4n) is 3.11. The summed E-state index contributed by atoms with van der Waals surface area (Å²) in [4.78, 5) is 0.134. The van der Waals surface area contributed by atoms with E-state index in [4.69, 9.17) is 23.2 Å². The van der Waals surface area contributed by atoms with Gasteiger partial charge in [-0.15, -0.1) is 0 Å². The van der Waals surface area contributed by atoms with Gasteiger partial charge in [0.15, 0.2) is 9.84 Å². The summed E-state index contributed by atoms with van der Waals surface area (Å²) in [5, 5.41) is 3.30. The van der Waals surface area contributed by atoms with Crippen LogP contribution in [-0.4, -0.2) is 26.8 Å². The van der Waals surface area contributed by atoms with Gasteiger partial charge in [0, 0.05) is 11.1 Å². The summed E-state index contributed by atoms with van der Waals surface area (Å²) >= 11 is 12.0. The molecule has 1 fully saturated rings. The Morgan fingerprint density at radius 3 is 2.55 bits per heavy atom. The second kappa shape index (κ2) is 5.48. The monoisotopic (exact) mass is 335 g/mol. The first-order valence-electron chi connectivity index (χ1n) is 6.56. The van der Waals surface area contributed by atoms with Gasteiger partial charge in [-0.05, 0) is 43.5 Å². The Bertz CT molecular complexity index is 614. The van der Waals surface area contributed by atoms with Crippen molar-refractivity contribution >= 4 is 33.0 Å². The third-order valence-electron chi connectivity index (χ3n) is 4.20. The normalized spacial score (nSPS) is 25.9. The third kappa shape index (κ3) is 2.71. The van der Waals surface area contributed by atoms with Crippen molar-refractivity contribution in [3.63, 3.8) is 0 Å². The number of halogens is 2. The standard InChI is InChI=1S/C14H19Cl2NO2S/c1-14(2)7-6-11(13(14)17-3)20(18,19)12-8-9(15)4-5-10(12)16/h4-5,8,11,13,17H,6-7H2,1-3H3. The van der Waals surface area contributed by atoms with Crippen molar-refractivity contribution in [2.45, 2.75) is 42.9 Å². The number of rotatable bonds is 3. The molecule has 1 aliphatic carbocycles. The molecule has 1 N–H and O–H groups in total. The lowest BCUT2D eigenvalue weighted by molar-refractivity contribution is 0.297. The van der Waals surface area contributed by atoms with Crippen LogP contribution in [0.2, 0.25) is 10.0 Å². The highest BCUT2D eigenvalue weighted by molar-refractivity contribution is 7.92. The van der Waals surface area contributed by atoms with Gasteiger partial charge in [-0.25, -0.2) is 8.42 Å². The summed E-state index contributed by atoms with van der Waals surface area (Å²) in [5.74, 6) is 0. The Hall–Kier alpha value is -0.290. The van der Waals surface area contributed by atoms with Gasteiger partial charge in [0.05, 0.1) is 15.2 Å². The molecule has 1 aliphatic rings. The highest BCUT2D eigenvalue weighted by Crippen LogP contribution is 2.43. The largest absolute Gasteiger partial charge is 0.315 e. The van der Waals surface area contributed by atoms with E-state index in [2.05, 4.69) is 19.2 Å². The lowest BCUT2D eigenvalue weighted by Crippen LogP contribution is -2.45. The molecule has 0 bridgehead atoms. The zero-order chi connectivity index (χ0) is 15.1. The van der Waals surface area contributed by atoms with E-state index in [1.807, 2.05) is 0 Å². The Morgan fingerprint density at radius 1 is 1.30 bits per heavy atom. The predicted octanol–water partition coefficient (Wildman–Crippen LogP) is 3.54. The van der Waals surface area contributed by atoms with Crippen LogP contribution in [0.1, 0.15) is 26.7 Å². The number of nitrogens with one attached hydrogen (secondary N) is 1. The summed E-state index contributed by atoms with van der Waals surface area (Å²) in [6.07, 6.45) is 1.49. The SMILES string of the molecule is CNC1C(S(=O)(=O)c2cc(Cl)ccc2Cl)CCC1(C)C. The highest BCUT2D eigenvalue weighted by atomic mass is 35.5. The Kier molecular flexibility index (Phi) is 4.41. The quantitative estimate of drug-likeness (QED) is 0.918. The Morgan fingerprint density at radius 2 is 1.95 bits per heavy atom. The molecule has 0 aromatic heterocycles. The smallest absolute Gasteiger partial charge is 0.184 e. The van der Waals surface area contributed by atoms with Crippen molar-refractivity contribution in [3.8, 4) is 0 Å². The number of hydrogen-bond donors (Lipinski definition) is 1. The molecular formula is C14H19Cl2NO2S. The molecule has 20 heavy (non-hydrogen) atoms. The molecule has 2 unspecified atom stereocenters. The molecule has 3 nitrogen and oxygen atoms in total. The minimum atomic E-state index is -3.50. The molecule has 2 atom stereocenters. The van der Waals surface area contributed by atoms with Crippen molar-refractivity contribution < 1.29 is 8.42 Å². The molecule has 0 amide bonds. The van der Waals surface area contributed by atoms with Crippen LogP contribution < -0.4 is 5.32 Å².